The zero-order valence-corrected chi connectivity index (χ0v) is 17.8. The molecule has 2 amide bonds. The molecular formula is C23H29N5O2. The Labute approximate surface area is 177 Å². The number of nitrogens with zero attached hydrogens (tertiary/aromatic N) is 5. The van der Waals surface area contributed by atoms with Gasteiger partial charge < -0.3 is 14.7 Å². The number of rotatable bonds is 3. The van der Waals surface area contributed by atoms with E-state index in [2.05, 4.69) is 46.1 Å². The van der Waals surface area contributed by atoms with E-state index in [-0.39, 0.29) is 17.7 Å². The second-order valence-corrected chi connectivity index (χ2v) is 8.23. The summed E-state index contributed by atoms with van der Waals surface area (Å²) >= 11 is 0. The Hall–Kier alpha value is -2.96. The van der Waals surface area contributed by atoms with Crippen molar-refractivity contribution in [2.75, 3.05) is 44.2 Å². The molecule has 7 heteroatoms. The maximum atomic E-state index is 13.2. The Morgan fingerprint density at radius 2 is 1.70 bits per heavy atom. The Morgan fingerprint density at radius 1 is 0.933 bits per heavy atom. The second kappa shape index (κ2) is 8.81. The third kappa shape index (κ3) is 4.30. The standard InChI is InChI=1S/C23H29N5O2/c1-17-6-3-4-8-21(17)26-10-12-27(13-11-26)22(29)19-7-5-9-28(16-19)23(30)20-15-24-18(2)14-25-20/h3-4,6,8,14-15,19H,5,7,9-13,16H2,1-2H3/t19-/m0/s1. The third-order valence-corrected chi connectivity index (χ3v) is 6.11. The largest absolute Gasteiger partial charge is 0.368 e. The summed E-state index contributed by atoms with van der Waals surface area (Å²) in [6, 6.07) is 8.38. The summed E-state index contributed by atoms with van der Waals surface area (Å²) in [7, 11) is 0. The average Bonchev–Trinajstić information content (AvgIpc) is 2.79. The molecule has 0 radical (unpaired) electrons. The predicted octanol–water partition coefficient (Wildman–Crippen LogP) is 2.29. The first-order valence-corrected chi connectivity index (χ1v) is 10.7. The molecule has 1 aromatic carbocycles. The fourth-order valence-corrected chi connectivity index (χ4v) is 4.37. The highest BCUT2D eigenvalue weighted by Crippen LogP contribution is 2.24. The van der Waals surface area contributed by atoms with Crippen LogP contribution in [0.2, 0.25) is 0 Å². The number of hydrogen-bond donors (Lipinski definition) is 0. The van der Waals surface area contributed by atoms with Crippen molar-refractivity contribution in [1.29, 1.82) is 0 Å². The van der Waals surface area contributed by atoms with Gasteiger partial charge >= 0.3 is 0 Å². The minimum atomic E-state index is -0.135. The Balaban J connectivity index is 1.35. The number of benzene rings is 1. The van der Waals surface area contributed by atoms with Crippen LogP contribution >= 0.6 is 0 Å². The minimum Gasteiger partial charge on any atom is -0.368 e. The number of carbonyl (C=O) groups excluding carboxylic acids is 2. The molecule has 0 aliphatic carbocycles. The van der Waals surface area contributed by atoms with Crippen LogP contribution in [0.3, 0.4) is 0 Å². The van der Waals surface area contributed by atoms with E-state index < -0.39 is 0 Å². The lowest BCUT2D eigenvalue weighted by atomic mass is 9.96. The van der Waals surface area contributed by atoms with Gasteiger partial charge in [0.05, 0.1) is 17.8 Å². The van der Waals surface area contributed by atoms with Gasteiger partial charge in [0.25, 0.3) is 5.91 Å². The van der Waals surface area contributed by atoms with Gasteiger partial charge in [-0.3, -0.25) is 14.6 Å². The fraction of sp³-hybridized carbons (Fsp3) is 0.478. The number of likely N-dealkylation sites (tertiary alicyclic amines) is 1. The van der Waals surface area contributed by atoms with Gasteiger partial charge in [-0.15, -0.1) is 0 Å². The van der Waals surface area contributed by atoms with Crippen LogP contribution in [0.1, 0.15) is 34.6 Å². The molecule has 2 aromatic rings. The normalized spacial score (nSPS) is 19.7. The van der Waals surface area contributed by atoms with Crippen LogP contribution in [0.25, 0.3) is 0 Å². The van der Waals surface area contributed by atoms with E-state index in [1.54, 1.807) is 11.1 Å². The molecule has 2 saturated heterocycles. The van der Waals surface area contributed by atoms with Crippen molar-refractivity contribution in [3.63, 3.8) is 0 Å². The van der Waals surface area contributed by atoms with Crippen molar-refractivity contribution in [1.82, 2.24) is 19.8 Å². The Morgan fingerprint density at radius 3 is 2.40 bits per heavy atom. The molecule has 30 heavy (non-hydrogen) atoms. The van der Waals surface area contributed by atoms with Gasteiger partial charge in [0.1, 0.15) is 5.69 Å². The number of aromatic nitrogens is 2. The average molecular weight is 408 g/mol. The van der Waals surface area contributed by atoms with Gasteiger partial charge in [-0.05, 0) is 38.3 Å². The van der Waals surface area contributed by atoms with Crippen LogP contribution in [-0.4, -0.2) is 70.9 Å². The van der Waals surface area contributed by atoms with Crippen molar-refractivity contribution < 1.29 is 9.59 Å². The molecule has 3 heterocycles. The van der Waals surface area contributed by atoms with Crippen molar-refractivity contribution >= 4 is 17.5 Å². The molecule has 0 spiro atoms. The summed E-state index contributed by atoms with van der Waals surface area (Å²) < 4.78 is 0. The zero-order valence-electron chi connectivity index (χ0n) is 17.8. The SMILES string of the molecule is Cc1cnc(C(=O)N2CCC[C@H](C(=O)N3CCN(c4ccccc4C)CC3)C2)cn1. The van der Waals surface area contributed by atoms with Crippen LogP contribution in [0.15, 0.2) is 36.7 Å². The van der Waals surface area contributed by atoms with Gasteiger partial charge in [-0.1, -0.05) is 18.2 Å². The third-order valence-electron chi connectivity index (χ3n) is 6.11. The summed E-state index contributed by atoms with van der Waals surface area (Å²) in [6.07, 6.45) is 4.80. The summed E-state index contributed by atoms with van der Waals surface area (Å²) in [5, 5.41) is 0. The zero-order chi connectivity index (χ0) is 21.1. The van der Waals surface area contributed by atoms with Crippen LogP contribution in [0.5, 0.6) is 0 Å². The molecule has 1 aromatic heterocycles. The van der Waals surface area contributed by atoms with E-state index in [0.29, 0.717) is 18.8 Å². The van der Waals surface area contributed by atoms with Crippen LogP contribution in [-0.2, 0) is 4.79 Å². The predicted molar refractivity (Wildman–Crippen MR) is 115 cm³/mol. The highest BCUT2D eigenvalue weighted by Gasteiger charge is 2.33. The smallest absolute Gasteiger partial charge is 0.274 e. The number of amides is 2. The highest BCUT2D eigenvalue weighted by molar-refractivity contribution is 5.92. The molecule has 2 fully saturated rings. The second-order valence-electron chi connectivity index (χ2n) is 8.23. The molecule has 2 aliphatic heterocycles. The number of aryl methyl sites for hydroxylation is 2. The van der Waals surface area contributed by atoms with Crippen molar-refractivity contribution in [2.45, 2.75) is 26.7 Å². The van der Waals surface area contributed by atoms with Gasteiger partial charge in [0.2, 0.25) is 5.91 Å². The molecule has 0 saturated carbocycles. The fourth-order valence-electron chi connectivity index (χ4n) is 4.37. The minimum absolute atomic E-state index is 0.133. The van der Waals surface area contributed by atoms with Crippen molar-refractivity contribution in [2.24, 2.45) is 5.92 Å². The van der Waals surface area contributed by atoms with Gasteiger partial charge in [-0.25, -0.2) is 4.98 Å². The van der Waals surface area contributed by atoms with Crippen LogP contribution < -0.4 is 4.90 Å². The molecular weight excluding hydrogens is 378 g/mol. The van der Waals surface area contributed by atoms with Crippen LogP contribution in [0, 0.1) is 19.8 Å². The molecule has 2 aliphatic rings. The number of hydrogen-bond acceptors (Lipinski definition) is 5. The summed E-state index contributed by atoms with van der Waals surface area (Å²) in [4.78, 5) is 40.4. The first kappa shape index (κ1) is 20.3. The summed E-state index contributed by atoms with van der Waals surface area (Å²) in [5.41, 5.74) is 3.64. The molecule has 0 N–H and O–H groups in total. The number of piperazine rings is 1. The van der Waals surface area contributed by atoms with E-state index in [0.717, 1.165) is 44.7 Å². The monoisotopic (exact) mass is 407 g/mol. The van der Waals surface area contributed by atoms with Gasteiger partial charge in [0, 0.05) is 51.2 Å². The lowest BCUT2D eigenvalue weighted by Gasteiger charge is -2.40. The molecule has 7 nitrogen and oxygen atoms in total. The number of anilines is 1. The topological polar surface area (TPSA) is 69.6 Å². The lowest BCUT2D eigenvalue weighted by molar-refractivity contribution is -0.137. The summed E-state index contributed by atoms with van der Waals surface area (Å²) in [6.45, 7) is 8.22. The van der Waals surface area contributed by atoms with E-state index in [4.69, 9.17) is 0 Å². The first-order valence-electron chi connectivity index (χ1n) is 10.7. The van der Waals surface area contributed by atoms with Crippen LogP contribution in [0.4, 0.5) is 5.69 Å². The van der Waals surface area contributed by atoms with E-state index in [9.17, 15) is 9.59 Å². The van der Waals surface area contributed by atoms with E-state index in [1.165, 1.54) is 17.4 Å². The molecule has 0 unspecified atom stereocenters. The van der Waals surface area contributed by atoms with Gasteiger partial charge in [-0.2, -0.15) is 0 Å². The van der Waals surface area contributed by atoms with E-state index >= 15 is 0 Å². The Kier molecular flexibility index (Phi) is 5.97. The summed E-state index contributed by atoms with van der Waals surface area (Å²) in [5.74, 6) is -0.0950. The van der Waals surface area contributed by atoms with Gasteiger partial charge in [0.15, 0.2) is 0 Å². The molecule has 1 atom stereocenters. The first-order chi connectivity index (χ1) is 14.5. The molecule has 4 rings (SSSR count). The lowest BCUT2D eigenvalue weighted by Crippen LogP contribution is -2.53. The molecule has 0 bridgehead atoms. The number of carbonyl (C=O) groups is 2. The quantitative estimate of drug-likeness (QED) is 0.781. The maximum absolute atomic E-state index is 13.2. The van der Waals surface area contributed by atoms with Crippen molar-refractivity contribution in [3.05, 3.63) is 53.6 Å². The maximum Gasteiger partial charge on any atom is 0.274 e. The molecule has 158 valence electrons. The highest BCUT2D eigenvalue weighted by atomic mass is 16.2. The Bertz CT molecular complexity index is 906. The number of piperidine rings is 1. The number of para-hydroxylation sites is 1. The van der Waals surface area contributed by atoms with E-state index in [1.807, 2.05) is 11.8 Å². The van der Waals surface area contributed by atoms with Crippen molar-refractivity contribution in [3.8, 4) is 0 Å².